The fourth-order valence-electron chi connectivity index (χ4n) is 2.97. The van der Waals surface area contributed by atoms with Crippen molar-refractivity contribution in [2.24, 2.45) is 5.92 Å². The Labute approximate surface area is 136 Å². The molecule has 1 aliphatic rings. The predicted molar refractivity (Wildman–Crippen MR) is 87.0 cm³/mol. The van der Waals surface area contributed by atoms with E-state index < -0.39 is 16.1 Å². The molecule has 0 spiro atoms. The van der Waals surface area contributed by atoms with Crippen LogP contribution in [0.15, 0.2) is 34.9 Å². The molecule has 6 nitrogen and oxygen atoms in total. The van der Waals surface area contributed by atoms with Gasteiger partial charge in [0.1, 0.15) is 0 Å². The number of aromatic nitrogens is 2. The van der Waals surface area contributed by atoms with Crippen LogP contribution in [0, 0.1) is 5.92 Å². The highest BCUT2D eigenvalue weighted by Crippen LogP contribution is 2.26. The quantitative estimate of drug-likeness (QED) is 0.877. The molecule has 1 aromatic carbocycles. The molecule has 124 valence electrons. The van der Waals surface area contributed by atoms with Crippen molar-refractivity contribution >= 4 is 10.0 Å². The zero-order valence-electron chi connectivity index (χ0n) is 13.1. The first-order valence-corrected chi connectivity index (χ1v) is 9.58. The maximum absolute atomic E-state index is 12.2. The lowest BCUT2D eigenvalue weighted by Crippen LogP contribution is -2.31. The second kappa shape index (κ2) is 6.80. The van der Waals surface area contributed by atoms with E-state index in [0.717, 1.165) is 31.2 Å². The molecule has 1 fully saturated rings. The molecule has 0 radical (unpaired) electrons. The summed E-state index contributed by atoms with van der Waals surface area (Å²) < 4.78 is 32.3. The fourth-order valence-corrected chi connectivity index (χ4v) is 4.66. The van der Waals surface area contributed by atoms with Crippen molar-refractivity contribution in [2.45, 2.75) is 38.6 Å². The first kappa shape index (κ1) is 16.1. The van der Waals surface area contributed by atoms with Crippen molar-refractivity contribution in [3.63, 3.8) is 0 Å². The monoisotopic (exact) mass is 335 g/mol. The first-order valence-electron chi connectivity index (χ1n) is 7.92. The number of rotatable bonds is 6. The molecule has 0 saturated heterocycles. The smallest absolute Gasteiger partial charge is 0.244 e. The molecule has 1 N–H and O–H groups in total. The third-order valence-electron chi connectivity index (χ3n) is 4.13. The van der Waals surface area contributed by atoms with E-state index in [0.29, 0.717) is 5.82 Å². The Morgan fingerprint density at radius 2 is 1.96 bits per heavy atom. The summed E-state index contributed by atoms with van der Waals surface area (Å²) in [5.41, 5.74) is 0.837. The van der Waals surface area contributed by atoms with Crippen molar-refractivity contribution in [1.29, 1.82) is 0 Å². The van der Waals surface area contributed by atoms with Gasteiger partial charge in [-0.05, 0) is 25.7 Å². The van der Waals surface area contributed by atoms with Gasteiger partial charge in [-0.3, -0.25) is 0 Å². The standard InChI is InChI=1S/C16H21N3O3S/c1-12(19-23(20,21)11-13-7-5-6-8-13)16-17-15(18-22-16)14-9-3-2-4-10-14/h2-4,9-10,12-13,19H,5-8,11H2,1H3/t12-/m1/s1. The molecule has 0 aliphatic heterocycles. The zero-order chi connectivity index (χ0) is 16.3. The molecule has 2 aromatic rings. The molecule has 3 rings (SSSR count). The van der Waals surface area contributed by atoms with E-state index in [1.807, 2.05) is 30.3 Å². The zero-order valence-corrected chi connectivity index (χ0v) is 13.9. The maximum atomic E-state index is 12.2. The molecule has 7 heteroatoms. The maximum Gasteiger partial charge on any atom is 0.244 e. The highest BCUT2D eigenvalue weighted by Gasteiger charge is 2.26. The largest absolute Gasteiger partial charge is 0.337 e. The first-order chi connectivity index (χ1) is 11.0. The number of sulfonamides is 1. The van der Waals surface area contributed by atoms with Gasteiger partial charge < -0.3 is 4.52 Å². The van der Waals surface area contributed by atoms with Crippen LogP contribution in [-0.2, 0) is 10.0 Å². The Bertz CT molecular complexity index is 737. The van der Waals surface area contributed by atoms with E-state index in [-0.39, 0.29) is 17.6 Å². The van der Waals surface area contributed by atoms with Crippen LogP contribution in [0.25, 0.3) is 11.4 Å². The number of hydrogen-bond acceptors (Lipinski definition) is 5. The summed E-state index contributed by atoms with van der Waals surface area (Å²) in [5, 5.41) is 3.92. The molecule has 23 heavy (non-hydrogen) atoms. The molecular weight excluding hydrogens is 314 g/mol. The number of nitrogens with one attached hydrogen (secondary N) is 1. The number of benzene rings is 1. The Morgan fingerprint density at radius 1 is 1.26 bits per heavy atom. The average molecular weight is 335 g/mol. The van der Waals surface area contributed by atoms with Crippen LogP contribution >= 0.6 is 0 Å². The lowest BCUT2D eigenvalue weighted by Gasteiger charge is -2.13. The Morgan fingerprint density at radius 3 is 2.65 bits per heavy atom. The second-order valence-corrected chi connectivity index (χ2v) is 7.89. The number of hydrogen-bond donors (Lipinski definition) is 1. The van der Waals surface area contributed by atoms with Crippen LogP contribution in [-0.4, -0.2) is 24.3 Å². The van der Waals surface area contributed by atoms with Crippen molar-refractivity contribution in [3.05, 3.63) is 36.2 Å². The Kier molecular flexibility index (Phi) is 4.77. The van der Waals surface area contributed by atoms with Gasteiger partial charge in [0.05, 0.1) is 11.8 Å². The highest BCUT2D eigenvalue weighted by atomic mass is 32.2. The predicted octanol–water partition coefficient (Wildman–Crippen LogP) is 2.91. The van der Waals surface area contributed by atoms with Crippen LogP contribution < -0.4 is 4.72 Å². The van der Waals surface area contributed by atoms with Crippen molar-refractivity contribution in [1.82, 2.24) is 14.9 Å². The summed E-state index contributed by atoms with van der Waals surface area (Å²) in [6.07, 6.45) is 4.24. The van der Waals surface area contributed by atoms with Gasteiger partial charge in [0.15, 0.2) is 0 Å². The minimum Gasteiger partial charge on any atom is -0.337 e. The Hall–Kier alpha value is -1.73. The van der Waals surface area contributed by atoms with Gasteiger partial charge in [-0.2, -0.15) is 4.98 Å². The van der Waals surface area contributed by atoms with Crippen molar-refractivity contribution in [2.75, 3.05) is 5.75 Å². The molecule has 0 bridgehead atoms. The van der Waals surface area contributed by atoms with Crippen LogP contribution in [0.3, 0.4) is 0 Å². The van der Waals surface area contributed by atoms with Gasteiger partial charge in [-0.1, -0.05) is 48.3 Å². The van der Waals surface area contributed by atoms with E-state index in [9.17, 15) is 8.42 Å². The normalized spacial score (nSPS) is 17.4. The lowest BCUT2D eigenvalue weighted by atomic mass is 10.1. The van der Waals surface area contributed by atoms with E-state index in [4.69, 9.17) is 4.52 Å². The highest BCUT2D eigenvalue weighted by molar-refractivity contribution is 7.89. The van der Waals surface area contributed by atoms with Gasteiger partial charge in [-0.15, -0.1) is 0 Å². The van der Waals surface area contributed by atoms with Gasteiger partial charge in [0.2, 0.25) is 21.7 Å². The van der Waals surface area contributed by atoms with E-state index >= 15 is 0 Å². The van der Waals surface area contributed by atoms with Crippen LogP contribution in [0.4, 0.5) is 0 Å². The third kappa shape index (κ3) is 4.17. The third-order valence-corrected chi connectivity index (χ3v) is 5.75. The topological polar surface area (TPSA) is 85.1 Å². The minimum absolute atomic E-state index is 0.178. The number of nitrogens with zero attached hydrogens (tertiary/aromatic N) is 2. The summed E-state index contributed by atoms with van der Waals surface area (Å²) in [4.78, 5) is 4.29. The Balaban J connectivity index is 1.66. The van der Waals surface area contributed by atoms with Crippen molar-refractivity contribution < 1.29 is 12.9 Å². The molecule has 1 atom stereocenters. The molecule has 1 saturated carbocycles. The SMILES string of the molecule is C[C@@H](NS(=O)(=O)CC1CCCC1)c1nc(-c2ccccc2)no1. The van der Waals surface area contributed by atoms with Gasteiger partial charge >= 0.3 is 0 Å². The van der Waals surface area contributed by atoms with Gasteiger partial charge in [-0.25, -0.2) is 13.1 Å². The molecule has 1 aromatic heterocycles. The van der Waals surface area contributed by atoms with Crippen LogP contribution in [0.1, 0.15) is 44.5 Å². The van der Waals surface area contributed by atoms with E-state index in [2.05, 4.69) is 14.9 Å². The molecule has 1 aliphatic carbocycles. The second-order valence-electron chi connectivity index (χ2n) is 6.09. The summed E-state index contributed by atoms with van der Waals surface area (Å²) in [6.45, 7) is 1.72. The summed E-state index contributed by atoms with van der Waals surface area (Å²) in [5.74, 6) is 1.18. The van der Waals surface area contributed by atoms with Gasteiger partial charge in [0.25, 0.3) is 0 Å². The summed E-state index contributed by atoms with van der Waals surface area (Å²) in [7, 11) is -3.35. The summed E-state index contributed by atoms with van der Waals surface area (Å²) in [6, 6.07) is 8.90. The van der Waals surface area contributed by atoms with Crippen molar-refractivity contribution in [3.8, 4) is 11.4 Å². The average Bonchev–Trinajstić information content (AvgIpc) is 3.18. The lowest BCUT2D eigenvalue weighted by molar-refractivity contribution is 0.353. The fraction of sp³-hybridized carbons (Fsp3) is 0.500. The molecule has 0 unspecified atom stereocenters. The minimum atomic E-state index is -3.35. The summed E-state index contributed by atoms with van der Waals surface area (Å²) >= 11 is 0. The van der Waals surface area contributed by atoms with Crippen LogP contribution in [0.5, 0.6) is 0 Å². The van der Waals surface area contributed by atoms with E-state index in [1.165, 1.54) is 0 Å². The molecule has 0 amide bonds. The van der Waals surface area contributed by atoms with Crippen LogP contribution in [0.2, 0.25) is 0 Å². The van der Waals surface area contributed by atoms with E-state index in [1.54, 1.807) is 6.92 Å². The molecule has 1 heterocycles. The molecular formula is C16H21N3O3S. The van der Waals surface area contributed by atoms with Gasteiger partial charge in [0, 0.05) is 5.56 Å².